The fourth-order valence-corrected chi connectivity index (χ4v) is 3.58. The van der Waals surface area contributed by atoms with Gasteiger partial charge < -0.3 is 15.4 Å². The van der Waals surface area contributed by atoms with Crippen LogP contribution in [0.15, 0.2) is 30.3 Å². The van der Waals surface area contributed by atoms with Crippen molar-refractivity contribution in [1.29, 1.82) is 0 Å². The number of hydrogen-bond donors (Lipinski definition) is 3. The summed E-state index contributed by atoms with van der Waals surface area (Å²) < 4.78 is 5.22. The number of carbonyl (C=O) groups excluding carboxylic acids is 2. The molecule has 8 heteroatoms. The summed E-state index contributed by atoms with van der Waals surface area (Å²) in [6.45, 7) is 3.84. The number of benzene rings is 1. The molecule has 2 amide bonds. The number of anilines is 1. The fraction of sp³-hybridized carbons (Fsp3) is 0.278. The molecule has 0 atom stereocenters. The van der Waals surface area contributed by atoms with E-state index in [1.807, 2.05) is 19.9 Å². The molecule has 7 nitrogen and oxygen atoms in total. The number of aromatic amines is 1. The summed E-state index contributed by atoms with van der Waals surface area (Å²) in [7, 11) is 1.52. The number of carbonyl (C=O) groups is 2. The second-order valence-electron chi connectivity index (χ2n) is 6.08. The molecule has 0 saturated heterocycles. The minimum atomic E-state index is -0.293. The molecule has 0 fully saturated rings. The van der Waals surface area contributed by atoms with Gasteiger partial charge in [0.05, 0.1) is 24.5 Å². The van der Waals surface area contributed by atoms with Gasteiger partial charge in [-0.3, -0.25) is 14.7 Å². The maximum Gasteiger partial charge on any atom is 0.260 e. The monoisotopic (exact) mass is 372 g/mol. The quantitative estimate of drug-likeness (QED) is 0.620. The molecule has 0 aliphatic heterocycles. The van der Waals surface area contributed by atoms with Gasteiger partial charge in [0.2, 0.25) is 5.91 Å². The third kappa shape index (κ3) is 3.85. The third-order valence-corrected chi connectivity index (χ3v) is 4.71. The predicted octanol–water partition coefficient (Wildman–Crippen LogP) is 2.95. The van der Waals surface area contributed by atoms with Crippen molar-refractivity contribution in [2.75, 3.05) is 12.4 Å². The van der Waals surface area contributed by atoms with Crippen LogP contribution in [0, 0.1) is 0 Å². The van der Waals surface area contributed by atoms with Crippen LogP contribution in [0.1, 0.15) is 29.1 Å². The first kappa shape index (κ1) is 17.9. The van der Waals surface area contributed by atoms with Crippen LogP contribution in [-0.2, 0) is 11.2 Å². The standard InChI is InChI=1S/C18H20N4O3S/c1-10(2)19-15(23)9-11-8-13-16(21-22-18(13)26-11)20-17(24)12-6-4-5-7-14(12)25-3/h4-8,10H,9H2,1-3H3,(H,19,23)(H2,20,21,22,24). The summed E-state index contributed by atoms with van der Waals surface area (Å²) in [5.41, 5.74) is 0.435. The molecule has 26 heavy (non-hydrogen) atoms. The van der Waals surface area contributed by atoms with Crippen molar-refractivity contribution in [3.63, 3.8) is 0 Å². The van der Waals surface area contributed by atoms with Crippen molar-refractivity contribution in [3.8, 4) is 5.75 Å². The molecule has 0 aliphatic carbocycles. The Labute approximate surface area is 154 Å². The Balaban J connectivity index is 1.78. The largest absolute Gasteiger partial charge is 0.496 e. The van der Waals surface area contributed by atoms with Gasteiger partial charge in [-0.1, -0.05) is 12.1 Å². The number of fused-ring (bicyclic) bond motifs is 1. The molecule has 2 heterocycles. The Kier molecular flexibility index (Phi) is 5.22. The smallest absolute Gasteiger partial charge is 0.260 e. The molecule has 136 valence electrons. The van der Waals surface area contributed by atoms with Gasteiger partial charge in [0.25, 0.3) is 5.91 Å². The first-order valence-electron chi connectivity index (χ1n) is 8.18. The molecule has 2 aromatic heterocycles. The minimum absolute atomic E-state index is 0.0347. The lowest BCUT2D eigenvalue weighted by molar-refractivity contribution is -0.120. The number of amides is 2. The van der Waals surface area contributed by atoms with E-state index in [4.69, 9.17) is 4.74 Å². The van der Waals surface area contributed by atoms with Crippen molar-refractivity contribution in [3.05, 3.63) is 40.8 Å². The highest BCUT2D eigenvalue weighted by Gasteiger charge is 2.17. The van der Waals surface area contributed by atoms with Crippen molar-refractivity contribution in [1.82, 2.24) is 15.5 Å². The number of ether oxygens (including phenoxy) is 1. The van der Waals surface area contributed by atoms with E-state index < -0.39 is 0 Å². The zero-order valence-corrected chi connectivity index (χ0v) is 15.6. The molecular formula is C18H20N4O3S. The fourth-order valence-electron chi connectivity index (χ4n) is 2.59. The van der Waals surface area contributed by atoms with Crippen LogP contribution in [0.2, 0.25) is 0 Å². The van der Waals surface area contributed by atoms with Gasteiger partial charge in [-0.25, -0.2) is 0 Å². The van der Waals surface area contributed by atoms with Crippen molar-refractivity contribution in [2.24, 2.45) is 0 Å². The highest BCUT2D eigenvalue weighted by atomic mass is 32.1. The van der Waals surface area contributed by atoms with E-state index in [1.54, 1.807) is 24.3 Å². The number of nitrogens with zero attached hydrogens (tertiary/aromatic N) is 1. The number of methoxy groups -OCH3 is 1. The van der Waals surface area contributed by atoms with E-state index >= 15 is 0 Å². The first-order chi connectivity index (χ1) is 12.5. The van der Waals surface area contributed by atoms with E-state index in [-0.39, 0.29) is 17.9 Å². The molecule has 0 unspecified atom stereocenters. The summed E-state index contributed by atoms with van der Waals surface area (Å²) in [5, 5.41) is 13.5. The van der Waals surface area contributed by atoms with E-state index in [2.05, 4.69) is 20.8 Å². The molecule has 3 N–H and O–H groups in total. The summed E-state index contributed by atoms with van der Waals surface area (Å²) in [6, 6.07) is 8.97. The minimum Gasteiger partial charge on any atom is -0.496 e. The molecule has 3 rings (SSSR count). The average Bonchev–Trinajstić information content (AvgIpc) is 3.15. The molecule has 0 bridgehead atoms. The number of thiophene rings is 1. The number of para-hydroxylation sites is 1. The van der Waals surface area contributed by atoms with Crippen molar-refractivity contribution in [2.45, 2.75) is 26.3 Å². The molecule has 0 aliphatic rings. The summed E-state index contributed by atoms with van der Waals surface area (Å²) in [6.07, 6.45) is 0.291. The third-order valence-electron chi connectivity index (χ3n) is 3.68. The van der Waals surface area contributed by atoms with Gasteiger partial charge >= 0.3 is 0 Å². The predicted molar refractivity (Wildman–Crippen MR) is 102 cm³/mol. The van der Waals surface area contributed by atoms with Crippen LogP contribution in [0.3, 0.4) is 0 Å². The van der Waals surface area contributed by atoms with Crippen LogP contribution in [-0.4, -0.2) is 35.2 Å². The first-order valence-corrected chi connectivity index (χ1v) is 9.00. The van der Waals surface area contributed by atoms with Crippen molar-refractivity contribution >= 4 is 39.2 Å². The van der Waals surface area contributed by atoms with Crippen molar-refractivity contribution < 1.29 is 14.3 Å². The van der Waals surface area contributed by atoms with Crippen LogP contribution in [0.25, 0.3) is 10.2 Å². The molecule has 3 aromatic rings. The molecule has 0 radical (unpaired) electrons. The molecular weight excluding hydrogens is 352 g/mol. The summed E-state index contributed by atoms with van der Waals surface area (Å²) in [5.74, 6) is 0.672. The maximum absolute atomic E-state index is 12.5. The van der Waals surface area contributed by atoms with Crippen LogP contribution < -0.4 is 15.4 Å². The van der Waals surface area contributed by atoms with Gasteiger partial charge in [-0.2, -0.15) is 5.10 Å². The average molecular weight is 372 g/mol. The Hall–Kier alpha value is -2.87. The molecule has 0 saturated carbocycles. The molecule has 1 aromatic carbocycles. The van der Waals surface area contributed by atoms with Gasteiger partial charge in [0.15, 0.2) is 0 Å². The highest BCUT2D eigenvalue weighted by Crippen LogP contribution is 2.30. The number of aromatic nitrogens is 2. The summed E-state index contributed by atoms with van der Waals surface area (Å²) in [4.78, 5) is 26.1. The zero-order valence-electron chi connectivity index (χ0n) is 14.8. The van der Waals surface area contributed by atoms with Crippen LogP contribution in [0.4, 0.5) is 5.82 Å². The van der Waals surface area contributed by atoms with Crippen LogP contribution >= 0.6 is 11.3 Å². The molecule has 0 spiro atoms. The zero-order chi connectivity index (χ0) is 18.7. The normalized spacial score (nSPS) is 10.9. The lowest BCUT2D eigenvalue weighted by Crippen LogP contribution is -2.31. The second kappa shape index (κ2) is 7.57. The van der Waals surface area contributed by atoms with Gasteiger partial charge in [0, 0.05) is 10.9 Å². The van der Waals surface area contributed by atoms with E-state index in [0.717, 1.165) is 15.1 Å². The Bertz CT molecular complexity index is 945. The van der Waals surface area contributed by atoms with E-state index in [0.29, 0.717) is 23.6 Å². The van der Waals surface area contributed by atoms with Gasteiger partial charge in [-0.15, -0.1) is 11.3 Å². The van der Waals surface area contributed by atoms with Gasteiger partial charge in [0.1, 0.15) is 16.4 Å². The SMILES string of the molecule is COc1ccccc1C(=O)Nc1[nH]nc2sc(CC(=O)NC(C)C)cc12. The second-order valence-corrected chi connectivity index (χ2v) is 7.20. The Morgan fingerprint density at radius 1 is 1.31 bits per heavy atom. The number of nitrogens with one attached hydrogen (secondary N) is 3. The van der Waals surface area contributed by atoms with Gasteiger partial charge in [-0.05, 0) is 32.0 Å². The highest BCUT2D eigenvalue weighted by molar-refractivity contribution is 7.18. The maximum atomic E-state index is 12.5. The summed E-state index contributed by atoms with van der Waals surface area (Å²) >= 11 is 1.42. The number of rotatable bonds is 6. The topological polar surface area (TPSA) is 96.1 Å². The van der Waals surface area contributed by atoms with E-state index in [9.17, 15) is 9.59 Å². The van der Waals surface area contributed by atoms with Crippen LogP contribution in [0.5, 0.6) is 5.75 Å². The Morgan fingerprint density at radius 2 is 2.08 bits per heavy atom. The number of H-pyrrole nitrogens is 1. The number of hydrogen-bond acceptors (Lipinski definition) is 5. The van der Waals surface area contributed by atoms with E-state index in [1.165, 1.54) is 18.4 Å². The lowest BCUT2D eigenvalue weighted by Gasteiger charge is -2.08. The lowest BCUT2D eigenvalue weighted by atomic mass is 10.2. The Morgan fingerprint density at radius 3 is 2.81 bits per heavy atom.